The number of hydrogen-bond donors (Lipinski definition) is 1. The molecule has 0 atom stereocenters. The summed E-state index contributed by atoms with van der Waals surface area (Å²) in [7, 11) is 0. The number of carbonyl (C=O) groups excluding carboxylic acids is 1. The van der Waals surface area contributed by atoms with Gasteiger partial charge in [-0.3, -0.25) is 19.8 Å². The number of amides is 1. The maximum absolute atomic E-state index is 13.0. The molecule has 2 aromatic carbocycles. The third-order valence-corrected chi connectivity index (χ3v) is 5.72. The summed E-state index contributed by atoms with van der Waals surface area (Å²) in [5.74, 6) is 0.619. The molecule has 1 aliphatic heterocycles. The third kappa shape index (κ3) is 4.62. The first-order valence-corrected chi connectivity index (χ1v) is 10.5. The van der Waals surface area contributed by atoms with E-state index in [1.54, 1.807) is 17.0 Å². The Kier molecular flexibility index (Phi) is 6.18. The molecule has 0 radical (unpaired) electrons. The first kappa shape index (κ1) is 21.5. The van der Waals surface area contributed by atoms with Crippen LogP contribution in [0.15, 0.2) is 53.1 Å². The fraction of sp³-hybridized carbons (Fsp3) is 0.304. The lowest BCUT2D eigenvalue weighted by molar-refractivity contribution is -0.383. The van der Waals surface area contributed by atoms with E-state index >= 15 is 0 Å². The van der Waals surface area contributed by atoms with E-state index in [0.717, 1.165) is 29.2 Å². The highest BCUT2D eigenvalue weighted by Crippen LogP contribution is 2.29. The summed E-state index contributed by atoms with van der Waals surface area (Å²) in [5.41, 5.74) is 3.25. The summed E-state index contributed by atoms with van der Waals surface area (Å²) in [4.78, 5) is 28.2. The Hall–Kier alpha value is -3.72. The Morgan fingerprint density at radius 3 is 2.47 bits per heavy atom. The smallest absolute Gasteiger partial charge is 0.293 e. The zero-order valence-corrected chi connectivity index (χ0v) is 18.1. The average molecular weight is 435 g/mol. The van der Waals surface area contributed by atoms with Crippen molar-refractivity contribution in [2.75, 3.05) is 31.5 Å². The van der Waals surface area contributed by atoms with Crippen molar-refractivity contribution in [3.8, 4) is 0 Å². The minimum absolute atomic E-state index is 0.128. The predicted octanol–water partition coefficient (Wildman–Crippen LogP) is 3.90. The van der Waals surface area contributed by atoms with E-state index in [1.807, 2.05) is 44.2 Å². The molecule has 0 aliphatic carbocycles. The molecule has 1 amide bonds. The van der Waals surface area contributed by atoms with Gasteiger partial charge in [-0.05, 0) is 38.1 Å². The Bertz CT molecular complexity index is 1100. The van der Waals surface area contributed by atoms with Gasteiger partial charge in [0.25, 0.3) is 11.6 Å². The van der Waals surface area contributed by atoms with Crippen LogP contribution < -0.4 is 5.32 Å². The monoisotopic (exact) mass is 435 g/mol. The van der Waals surface area contributed by atoms with Crippen molar-refractivity contribution >= 4 is 23.0 Å². The first-order valence-electron chi connectivity index (χ1n) is 10.5. The number of aromatic nitrogens is 1. The lowest BCUT2D eigenvalue weighted by Crippen LogP contribution is -2.48. The van der Waals surface area contributed by atoms with Crippen LogP contribution in [-0.2, 0) is 6.54 Å². The molecule has 1 aromatic heterocycles. The first-order chi connectivity index (χ1) is 15.4. The van der Waals surface area contributed by atoms with Crippen molar-refractivity contribution in [1.29, 1.82) is 0 Å². The molecular weight excluding hydrogens is 410 g/mol. The van der Waals surface area contributed by atoms with Crippen molar-refractivity contribution in [1.82, 2.24) is 15.0 Å². The predicted molar refractivity (Wildman–Crippen MR) is 120 cm³/mol. The van der Waals surface area contributed by atoms with E-state index in [-0.39, 0.29) is 11.6 Å². The highest BCUT2D eigenvalue weighted by atomic mass is 16.6. The highest BCUT2D eigenvalue weighted by molar-refractivity contribution is 5.96. The summed E-state index contributed by atoms with van der Waals surface area (Å²) in [5, 5.41) is 18.7. The van der Waals surface area contributed by atoms with Crippen molar-refractivity contribution in [2.24, 2.45) is 0 Å². The Morgan fingerprint density at radius 1 is 1.12 bits per heavy atom. The number of carbonyl (C=O) groups is 1. The van der Waals surface area contributed by atoms with Crippen LogP contribution >= 0.6 is 0 Å². The molecule has 1 aliphatic rings. The van der Waals surface area contributed by atoms with Gasteiger partial charge in [-0.2, -0.15) is 0 Å². The number of nitro benzene ring substituents is 1. The second-order valence-electron chi connectivity index (χ2n) is 7.85. The lowest BCUT2D eigenvalue weighted by Gasteiger charge is -2.34. The van der Waals surface area contributed by atoms with E-state index in [2.05, 4.69) is 15.4 Å². The van der Waals surface area contributed by atoms with Crippen molar-refractivity contribution < 1.29 is 14.2 Å². The minimum atomic E-state index is -0.469. The molecule has 0 bridgehead atoms. The Morgan fingerprint density at radius 2 is 1.84 bits per heavy atom. The maximum atomic E-state index is 13.0. The Balaban J connectivity index is 1.43. The number of nitrogens with zero attached hydrogens (tertiary/aromatic N) is 4. The normalized spacial score (nSPS) is 14.4. The fourth-order valence-corrected chi connectivity index (χ4v) is 3.84. The number of anilines is 2. The van der Waals surface area contributed by atoms with Crippen molar-refractivity contribution in [3.05, 3.63) is 81.2 Å². The molecule has 0 saturated carbocycles. The van der Waals surface area contributed by atoms with E-state index in [9.17, 15) is 14.9 Å². The molecule has 1 saturated heterocycles. The van der Waals surface area contributed by atoms with Crippen LogP contribution in [0.1, 0.15) is 27.4 Å². The highest BCUT2D eigenvalue weighted by Gasteiger charge is 2.25. The van der Waals surface area contributed by atoms with Crippen LogP contribution in [0.2, 0.25) is 0 Å². The van der Waals surface area contributed by atoms with Crippen molar-refractivity contribution in [2.45, 2.75) is 20.4 Å². The standard InChI is InChI=1S/C23H25N5O4/c1-16-20(17(2)32-25-16)15-26-10-12-27(13-11-26)23(29)18-8-9-21(22(14-18)28(30)31)24-19-6-4-3-5-7-19/h3-9,14,24H,10-13,15H2,1-2H3. The number of rotatable bonds is 6. The molecule has 2 heterocycles. The summed E-state index contributed by atoms with van der Waals surface area (Å²) in [6, 6.07) is 13.8. The van der Waals surface area contributed by atoms with Gasteiger partial charge < -0.3 is 14.7 Å². The zero-order chi connectivity index (χ0) is 22.7. The number of nitrogens with one attached hydrogen (secondary N) is 1. The van der Waals surface area contributed by atoms with Gasteiger partial charge in [-0.15, -0.1) is 0 Å². The van der Waals surface area contributed by atoms with Gasteiger partial charge in [0.15, 0.2) is 0 Å². The summed E-state index contributed by atoms with van der Waals surface area (Å²) < 4.78 is 5.23. The molecular formula is C23H25N5O4. The summed E-state index contributed by atoms with van der Waals surface area (Å²) in [6.45, 7) is 7.10. The second kappa shape index (κ2) is 9.19. The van der Waals surface area contributed by atoms with Crippen LogP contribution in [0.5, 0.6) is 0 Å². The number of hydrogen-bond acceptors (Lipinski definition) is 7. The summed E-state index contributed by atoms with van der Waals surface area (Å²) in [6.07, 6.45) is 0. The van der Waals surface area contributed by atoms with Crippen molar-refractivity contribution in [3.63, 3.8) is 0 Å². The van der Waals surface area contributed by atoms with Crippen LogP contribution in [0.25, 0.3) is 0 Å². The molecule has 0 spiro atoms. The fourth-order valence-electron chi connectivity index (χ4n) is 3.84. The molecule has 0 unspecified atom stereocenters. The quantitative estimate of drug-likeness (QED) is 0.462. The maximum Gasteiger partial charge on any atom is 0.293 e. The SMILES string of the molecule is Cc1noc(C)c1CN1CCN(C(=O)c2ccc(Nc3ccccc3)c([N+](=O)[O-])c2)CC1. The molecule has 3 aromatic rings. The topological polar surface area (TPSA) is 105 Å². The van der Waals surface area contributed by atoms with E-state index in [0.29, 0.717) is 37.4 Å². The molecule has 9 nitrogen and oxygen atoms in total. The molecule has 32 heavy (non-hydrogen) atoms. The molecule has 1 fully saturated rings. The number of benzene rings is 2. The summed E-state index contributed by atoms with van der Waals surface area (Å²) >= 11 is 0. The second-order valence-corrected chi connectivity index (χ2v) is 7.85. The number of aryl methyl sites for hydroxylation is 2. The Labute approximate surface area is 185 Å². The van der Waals surface area contributed by atoms with Gasteiger partial charge in [0.1, 0.15) is 11.4 Å². The van der Waals surface area contributed by atoms with E-state index < -0.39 is 4.92 Å². The molecule has 4 rings (SSSR count). The van der Waals surface area contributed by atoms with Crippen LogP contribution in [0, 0.1) is 24.0 Å². The third-order valence-electron chi connectivity index (χ3n) is 5.72. The van der Waals surface area contributed by atoms with Crippen LogP contribution in [0.3, 0.4) is 0 Å². The molecule has 166 valence electrons. The number of para-hydroxylation sites is 1. The van der Waals surface area contributed by atoms with Gasteiger partial charge in [0.2, 0.25) is 0 Å². The van der Waals surface area contributed by atoms with Gasteiger partial charge >= 0.3 is 0 Å². The van der Waals surface area contributed by atoms with E-state index in [1.165, 1.54) is 6.07 Å². The van der Waals surface area contributed by atoms with Gasteiger partial charge in [0.05, 0.1) is 10.6 Å². The minimum Gasteiger partial charge on any atom is -0.361 e. The number of piperazine rings is 1. The largest absolute Gasteiger partial charge is 0.361 e. The zero-order valence-electron chi connectivity index (χ0n) is 18.1. The van der Waals surface area contributed by atoms with Crippen LogP contribution in [0.4, 0.5) is 17.1 Å². The van der Waals surface area contributed by atoms with E-state index in [4.69, 9.17) is 4.52 Å². The van der Waals surface area contributed by atoms with Gasteiger partial charge in [0, 0.05) is 55.6 Å². The lowest BCUT2D eigenvalue weighted by atomic mass is 10.1. The molecule has 9 heteroatoms. The van der Waals surface area contributed by atoms with Crippen LogP contribution in [-0.4, -0.2) is 52.0 Å². The van der Waals surface area contributed by atoms with Gasteiger partial charge in [-0.1, -0.05) is 23.4 Å². The molecule has 1 N–H and O–H groups in total. The van der Waals surface area contributed by atoms with Gasteiger partial charge in [-0.25, -0.2) is 0 Å². The average Bonchev–Trinajstić information content (AvgIpc) is 3.12. The number of nitro groups is 1.